The summed E-state index contributed by atoms with van der Waals surface area (Å²) in [6, 6.07) is 0. The van der Waals surface area contributed by atoms with E-state index in [2.05, 4.69) is 0 Å². The molecule has 0 heterocycles. The molecule has 0 radical (unpaired) electrons. The molecule has 0 saturated carbocycles. The monoisotopic (exact) mass is 162 g/mol. The Bertz CT molecular complexity index is 140. The standard InChI is InChI=1S/C6H14N2O3/c7-3-1-2-6(8,4-9)5(10)11/h9H,1-4,7-8H2,(H,10,11)/t6-/m0/s1. The summed E-state index contributed by atoms with van der Waals surface area (Å²) in [7, 11) is 0. The largest absolute Gasteiger partial charge is 0.480 e. The van der Waals surface area contributed by atoms with Gasteiger partial charge in [0, 0.05) is 0 Å². The summed E-state index contributed by atoms with van der Waals surface area (Å²) in [5.41, 5.74) is 8.97. The first-order valence-corrected chi connectivity index (χ1v) is 3.40. The lowest BCUT2D eigenvalue weighted by atomic mass is 9.96. The molecule has 0 aliphatic rings. The summed E-state index contributed by atoms with van der Waals surface area (Å²) < 4.78 is 0. The van der Waals surface area contributed by atoms with Gasteiger partial charge in [0.05, 0.1) is 6.61 Å². The minimum atomic E-state index is -1.51. The maximum atomic E-state index is 10.4. The van der Waals surface area contributed by atoms with Gasteiger partial charge in [-0.1, -0.05) is 0 Å². The third-order valence-electron chi connectivity index (χ3n) is 1.54. The fraction of sp³-hybridized carbons (Fsp3) is 0.833. The van der Waals surface area contributed by atoms with Gasteiger partial charge in [-0.05, 0) is 19.4 Å². The summed E-state index contributed by atoms with van der Waals surface area (Å²) in [6.45, 7) is -0.172. The van der Waals surface area contributed by atoms with E-state index in [-0.39, 0.29) is 6.42 Å². The van der Waals surface area contributed by atoms with Crippen molar-refractivity contribution in [2.24, 2.45) is 11.5 Å². The van der Waals surface area contributed by atoms with E-state index in [1.165, 1.54) is 0 Å². The normalized spacial score (nSPS) is 15.9. The first-order chi connectivity index (χ1) is 5.06. The van der Waals surface area contributed by atoms with Gasteiger partial charge >= 0.3 is 5.97 Å². The van der Waals surface area contributed by atoms with Crippen LogP contribution in [-0.2, 0) is 4.79 Å². The van der Waals surface area contributed by atoms with Crippen molar-refractivity contribution in [3.05, 3.63) is 0 Å². The molecule has 11 heavy (non-hydrogen) atoms. The molecule has 0 aromatic rings. The van der Waals surface area contributed by atoms with Gasteiger partial charge in [-0.25, -0.2) is 0 Å². The molecule has 1 atom stereocenters. The Hall–Kier alpha value is -0.650. The maximum absolute atomic E-state index is 10.4. The van der Waals surface area contributed by atoms with Crippen molar-refractivity contribution in [2.75, 3.05) is 13.2 Å². The van der Waals surface area contributed by atoms with Crippen molar-refractivity contribution in [3.8, 4) is 0 Å². The first kappa shape index (κ1) is 10.3. The molecule has 0 saturated heterocycles. The number of carboxylic acids is 1. The Kier molecular flexibility index (Phi) is 4.02. The maximum Gasteiger partial charge on any atom is 0.326 e. The molecule has 0 aromatic carbocycles. The highest BCUT2D eigenvalue weighted by Gasteiger charge is 2.32. The van der Waals surface area contributed by atoms with Crippen LogP contribution < -0.4 is 11.5 Å². The van der Waals surface area contributed by atoms with Crippen LogP contribution >= 0.6 is 0 Å². The SMILES string of the molecule is NCCC[C@](N)(CO)C(=O)O. The van der Waals surface area contributed by atoms with Gasteiger partial charge in [-0.15, -0.1) is 0 Å². The van der Waals surface area contributed by atoms with Crippen LogP contribution in [0.4, 0.5) is 0 Å². The second-order valence-electron chi connectivity index (χ2n) is 2.51. The van der Waals surface area contributed by atoms with E-state index in [0.717, 1.165) is 0 Å². The number of hydrogen-bond donors (Lipinski definition) is 4. The van der Waals surface area contributed by atoms with Gasteiger partial charge in [0.15, 0.2) is 0 Å². The molecule has 0 fully saturated rings. The average molecular weight is 162 g/mol. The lowest BCUT2D eigenvalue weighted by Gasteiger charge is -2.20. The van der Waals surface area contributed by atoms with Gasteiger partial charge in [0.1, 0.15) is 5.54 Å². The Morgan fingerprint density at radius 3 is 2.36 bits per heavy atom. The summed E-state index contributed by atoms with van der Waals surface area (Å²) >= 11 is 0. The number of aliphatic hydroxyl groups is 1. The molecule has 0 unspecified atom stereocenters. The highest BCUT2D eigenvalue weighted by molar-refractivity contribution is 5.78. The van der Waals surface area contributed by atoms with Crippen LogP contribution in [0.25, 0.3) is 0 Å². The van der Waals surface area contributed by atoms with Crippen molar-refractivity contribution in [1.82, 2.24) is 0 Å². The van der Waals surface area contributed by atoms with Gasteiger partial charge in [-0.3, -0.25) is 4.79 Å². The fourth-order valence-electron chi connectivity index (χ4n) is 0.671. The molecule has 5 heteroatoms. The van der Waals surface area contributed by atoms with Crippen molar-refractivity contribution in [3.63, 3.8) is 0 Å². The molecule has 0 aliphatic carbocycles. The molecular formula is C6H14N2O3. The molecule has 66 valence electrons. The van der Waals surface area contributed by atoms with Crippen molar-refractivity contribution in [2.45, 2.75) is 18.4 Å². The quantitative estimate of drug-likeness (QED) is 0.393. The van der Waals surface area contributed by atoms with Crippen LogP contribution in [-0.4, -0.2) is 34.9 Å². The second-order valence-corrected chi connectivity index (χ2v) is 2.51. The zero-order valence-electron chi connectivity index (χ0n) is 6.29. The predicted molar refractivity (Wildman–Crippen MR) is 39.9 cm³/mol. The minimum Gasteiger partial charge on any atom is -0.480 e. The van der Waals surface area contributed by atoms with Crippen molar-refractivity contribution < 1.29 is 15.0 Å². The summed E-state index contributed by atoms with van der Waals surface area (Å²) in [5.74, 6) is -1.19. The summed E-state index contributed by atoms with van der Waals surface area (Å²) in [4.78, 5) is 10.4. The molecule has 0 bridgehead atoms. The minimum absolute atomic E-state index is 0.204. The number of aliphatic carboxylic acids is 1. The molecule has 6 N–H and O–H groups in total. The van der Waals surface area contributed by atoms with E-state index in [0.29, 0.717) is 13.0 Å². The zero-order valence-corrected chi connectivity index (χ0v) is 6.29. The predicted octanol–water partition coefficient (Wildman–Crippen LogP) is -1.50. The van der Waals surface area contributed by atoms with Crippen molar-refractivity contribution in [1.29, 1.82) is 0 Å². The Morgan fingerprint density at radius 2 is 2.09 bits per heavy atom. The number of carbonyl (C=O) groups is 1. The lowest BCUT2D eigenvalue weighted by Crippen LogP contribution is -2.51. The van der Waals surface area contributed by atoms with Crippen LogP contribution in [0.5, 0.6) is 0 Å². The van der Waals surface area contributed by atoms with E-state index in [9.17, 15) is 4.79 Å². The van der Waals surface area contributed by atoms with E-state index in [4.69, 9.17) is 21.7 Å². The summed E-state index contributed by atoms with van der Waals surface area (Å²) in [6.07, 6.45) is 0.707. The Balaban J connectivity index is 3.99. The molecular weight excluding hydrogens is 148 g/mol. The summed E-state index contributed by atoms with van der Waals surface area (Å²) in [5, 5.41) is 17.2. The van der Waals surface area contributed by atoms with Crippen LogP contribution in [0.15, 0.2) is 0 Å². The third kappa shape index (κ3) is 2.83. The number of carboxylic acid groups (broad SMARTS) is 1. The van der Waals surface area contributed by atoms with Gasteiger partial charge < -0.3 is 21.7 Å². The third-order valence-corrected chi connectivity index (χ3v) is 1.54. The lowest BCUT2D eigenvalue weighted by molar-refractivity contribution is -0.145. The van der Waals surface area contributed by atoms with Crippen molar-refractivity contribution >= 4 is 5.97 Å². The Labute approximate surface area is 65.0 Å². The van der Waals surface area contributed by atoms with Crippen LogP contribution in [0.2, 0.25) is 0 Å². The molecule has 0 aromatic heterocycles. The van der Waals surface area contributed by atoms with E-state index < -0.39 is 18.1 Å². The van der Waals surface area contributed by atoms with E-state index >= 15 is 0 Å². The van der Waals surface area contributed by atoms with Gasteiger partial charge in [0.2, 0.25) is 0 Å². The first-order valence-electron chi connectivity index (χ1n) is 3.40. The number of rotatable bonds is 5. The van der Waals surface area contributed by atoms with Gasteiger partial charge in [-0.2, -0.15) is 0 Å². The second kappa shape index (κ2) is 4.27. The Morgan fingerprint density at radius 1 is 1.55 bits per heavy atom. The number of nitrogens with two attached hydrogens (primary N) is 2. The molecule has 5 nitrogen and oxygen atoms in total. The highest BCUT2D eigenvalue weighted by atomic mass is 16.4. The average Bonchev–Trinajstić information content (AvgIpc) is 2.00. The molecule has 0 spiro atoms. The van der Waals surface area contributed by atoms with E-state index in [1.54, 1.807) is 0 Å². The van der Waals surface area contributed by atoms with Gasteiger partial charge in [0.25, 0.3) is 0 Å². The fourth-order valence-corrected chi connectivity index (χ4v) is 0.671. The molecule has 0 aliphatic heterocycles. The number of hydrogen-bond acceptors (Lipinski definition) is 4. The highest BCUT2D eigenvalue weighted by Crippen LogP contribution is 2.07. The van der Waals surface area contributed by atoms with E-state index in [1.807, 2.05) is 0 Å². The smallest absolute Gasteiger partial charge is 0.326 e. The molecule has 0 amide bonds. The van der Waals surface area contributed by atoms with Crippen LogP contribution in [0.1, 0.15) is 12.8 Å². The van der Waals surface area contributed by atoms with Crippen LogP contribution in [0.3, 0.4) is 0 Å². The van der Waals surface area contributed by atoms with Crippen LogP contribution in [0, 0.1) is 0 Å². The number of aliphatic hydroxyl groups excluding tert-OH is 1. The molecule has 0 rings (SSSR count). The zero-order chi connectivity index (χ0) is 8.91. The topological polar surface area (TPSA) is 110 Å².